The summed E-state index contributed by atoms with van der Waals surface area (Å²) in [7, 11) is 0. The van der Waals surface area contributed by atoms with Crippen molar-refractivity contribution in [3.05, 3.63) is 28.2 Å². The molecule has 104 valence electrons. The van der Waals surface area contributed by atoms with Gasteiger partial charge in [0.25, 0.3) is 0 Å². The van der Waals surface area contributed by atoms with E-state index in [1.165, 1.54) is 32.1 Å². The summed E-state index contributed by atoms with van der Waals surface area (Å²) in [5.74, 6) is 0. The van der Waals surface area contributed by atoms with Crippen LogP contribution in [0.25, 0.3) is 0 Å². The molecule has 1 fully saturated rings. The van der Waals surface area contributed by atoms with Crippen LogP contribution >= 0.6 is 15.9 Å². The van der Waals surface area contributed by atoms with Gasteiger partial charge in [-0.05, 0) is 47.0 Å². The van der Waals surface area contributed by atoms with Gasteiger partial charge in [0, 0.05) is 28.3 Å². The van der Waals surface area contributed by atoms with Crippen LogP contribution < -0.4 is 4.90 Å². The molecule has 1 aliphatic carbocycles. The van der Waals surface area contributed by atoms with E-state index in [-0.39, 0.29) is 6.61 Å². The fourth-order valence-corrected chi connectivity index (χ4v) is 3.27. The minimum absolute atomic E-state index is 0.156. The van der Waals surface area contributed by atoms with Crippen LogP contribution in [0, 0.1) is 0 Å². The van der Waals surface area contributed by atoms with Crippen molar-refractivity contribution in [3.8, 4) is 0 Å². The van der Waals surface area contributed by atoms with Crippen LogP contribution in [0.15, 0.2) is 22.7 Å². The Morgan fingerprint density at radius 1 is 1.32 bits per heavy atom. The van der Waals surface area contributed by atoms with Crippen LogP contribution in [0.5, 0.6) is 0 Å². The molecule has 0 spiro atoms. The minimum atomic E-state index is 0.156. The Balaban J connectivity index is 2.22. The first-order valence-corrected chi connectivity index (χ1v) is 7.68. The maximum absolute atomic E-state index is 10.9. The molecule has 19 heavy (non-hydrogen) atoms. The summed E-state index contributed by atoms with van der Waals surface area (Å²) >= 11 is 3.43. The van der Waals surface area contributed by atoms with E-state index in [0.717, 1.165) is 16.4 Å². The molecule has 2 rings (SSSR count). The van der Waals surface area contributed by atoms with Crippen molar-refractivity contribution in [1.29, 1.82) is 0 Å². The average Bonchev–Trinajstić information content (AvgIpc) is 2.45. The quantitative estimate of drug-likeness (QED) is 0.843. The summed E-state index contributed by atoms with van der Waals surface area (Å²) in [6.45, 7) is 0.807. The number of aliphatic hydroxyl groups excluding tert-OH is 1. The second kappa shape index (κ2) is 7.06. The third kappa shape index (κ3) is 3.57. The first kappa shape index (κ1) is 14.5. The van der Waals surface area contributed by atoms with Gasteiger partial charge in [-0.25, -0.2) is 0 Å². The van der Waals surface area contributed by atoms with Crippen molar-refractivity contribution in [2.24, 2.45) is 0 Å². The predicted octanol–water partition coefficient (Wildman–Crippen LogP) is 3.39. The summed E-state index contributed by atoms with van der Waals surface area (Å²) in [5.41, 5.74) is 1.75. The highest BCUT2D eigenvalue weighted by atomic mass is 79.9. The molecule has 1 aliphatic rings. The topological polar surface area (TPSA) is 40.5 Å². The van der Waals surface area contributed by atoms with Crippen molar-refractivity contribution in [1.82, 2.24) is 0 Å². The van der Waals surface area contributed by atoms with Crippen LogP contribution in [0.2, 0.25) is 0 Å². The number of nitrogens with zero attached hydrogens (tertiary/aromatic N) is 1. The Kier molecular flexibility index (Phi) is 5.40. The molecule has 0 aliphatic heterocycles. The molecule has 0 bridgehead atoms. The molecule has 0 unspecified atom stereocenters. The smallest absolute Gasteiger partial charge is 0.151 e. The molecule has 0 aromatic heterocycles. The van der Waals surface area contributed by atoms with Gasteiger partial charge >= 0.3 is 0 Å². The number of anilines is 1. The van der Waals surface area contributed by atoms with Crippen molar-refractivity contribution < 1.29 is 9.90 Å². The zero-order chi connectivity index (χ0) is 13.7. The van der Waals surface area contributed by atoms with Gasteiger partial charge in [0.05, 0.1) is 6.61 Å². The van der Waals surface area contributed by atoms with E-state index in [9.17, 15) is 9.90 Å². The molecular formula is C15H20BrNO2. The number of aliphatic hydroxyl groups is 1. The lowest BCUT2D eigenvalue weighted by Gasteiger charge is -2.36. The van der Waals surface area contributed by atoms with Crippen LogP contribution in [0.4, 0.5) is 5.69 Å². The number of carbonyl (C=O) groups is 1. The van der Waals surface area contributed by atoms with Crippen molar-refractivity contribution in [2.75, 3.05) is 18.1 Å². The number of hydrogen-bond acceptors (Lipinski definition) is 3. The molecule has 3 nitrogen and oxygen atoms in total. The van der Waals surface area contributed by atoms with Crippen molar-refractivity contribution in [3.63, 3.8) is 0 Å². The van der Waals surface area contributed by atoms with Gasteiger partial charge in [0.2, 0.25) is 0 Å². The number of rotatable bonds is 5. The summed E-state index contributed by atoms with van der Waals surface area (Å²) in [5, 5.41) is 9.29. The SMILES string of the molecule is O=Cc1ccc(N(CCO)C2CCCCC2)cc1Br. The highest BCUT2D eigenvalue weighted by Gasteiger charge is 2.21. The standard InChI is InChI=1S/C15H20BrNO2/c16-15-10-14(7-6-12(15)11-19)17(8-9-18)13-4-2-1-3-5-13/h6-7,10-11,13,18H,1-5,8-9H2. The number of benzene rings is 1. The molecule has 1 aromatic carbocycles. The van der Waals surface area contributed by atoms with Crippen LogP contribution in [-0.2, 0) is 0 Å². The Bertz CT molecular complexity index is 430. The summed E-state index contributed by atoms with van der Waals surface area (Å²) < 4.78 is 0.818. The third-order valence-electron chi connectivity index (χ3n) is 3.80. The molecule has 1 N–H and O–H groups in total. The number of halogens is 1. The molecule has 0 heterocycles. The normalized spacial score (nSPS) is 16.3. The van der Waals surface area contributed by atoms with Gasteiger partial charge in [0.1, 0.15) is 0 Å². The Hall–Kier alpha value is -0.870. The van der Waals surface area contributed by atoms with Crippen molar-refractivity contribution >= 4 is 27.9 Å². The first-order valence-electron chi connectivity index (χ1n) is 6.88. The number of aldehydes is 1. The fraction of sp³-hybridized carbons (Fsp3) is 0.533. The molecular weight excluding hydrogens is 306 g/mol. The molecule has 0 radical (unpaired) electrons. The monoisotopic (exact) mass is 325 g/mol. The van der Waals surface area contributed by atoms with Crippen molar-refractivity contribution in [2.45, 2.75) is 38.1 Å². The molecule has 1 saturated carbocycles. The number of hydrogen-bond donors (Lipinski definition) is 1. The van der Waals surface area contributed by atoms with Crippen LogP contribution in [0.1, 0.15) is 42.5 Å². The maximum Gasteiger partial charge on any atom is 0.151 e. The Labute approximate surface area is 122 Å². The van der Waals surface area contributed by atoms with Gasteiger partial charge in [-0.2, -0.15) is 0 Å². The predicted molar refractivity (Wildman–Crippen MR) is 80.8 cm³/mol. The number of carbonyl (C=O) groups excluding carboxylic acids is 1. The molecule has 0 saturated heterocycles. The van der Waals surface area contributed by atoms with Gasteiger partial charge in [0.15, 0.2) is 6.29 Å². The maximum atomic E-state index is 10.9. The van der Waals surface area contributed by atoms with E-state index in [1.54, 1.807) is 0 Å². The Morgan fingerprint density at radius 2 is 2.05 bits per heavy atom. The molecule has 0 atom stereocenters. The lowest BCUT2D eigenvalue weighted by molar-refractivity contribution is 0.112. The van der Waals surface area contributed by atoms with E-state index in [2.05, 4.69) is 20.8 Å². The van der Waals surface area contributed by atoms with E-state index >= 15 is 0 Å². The molecule has 1 aromatic rings. The fourth-order valence-electron chi connectivity index (χ4n) is 2.81. The Morgan fingerprint density at radius 3 is 2.63 bits per heavy atom. The van der Waals surface area contributed by atoms with E-state index in [1.807, 2.05) is 18.2 Å². The van der Waals surface area contributed by atoms with Gasteiger partial charge in [-0.3, -0.25) is 4.79 Å². The zero-order valence-electron chi connectivity index (χ0n) is 11.0. The second-order valence-corrected chi connectivity index (χ2v) is 5.89. The minimum Gasteiger partial charge on any atom is -0.395 e. The van der Waals surface area contributed by atoms with Crippen LogP contribution in [0.3, 0.4) is 0 Å². The van der Waals surface area contributed by atoms with Gasteiger partial charge in [-0.15, -0.1) is 0 Å². The zero-order valence-corrected chi connectivity index (χ0v) is 12.6. The molecule has 0 amide bonds. The van der Waals surface area contributed by atoms with E-state index in [4.69, 9.17) is 0 Å². The summed E-state index contributed by atoms with van der Waals surface area (Å²) in [6.07, 6.45) is 7.07. The van der Waals surface area contributed by atoms with Gasteiger partial charge < -0.3 is 10.0 Å². The molecule has 4 heteroatoms. The average molecular weight is 326 g/mol. The lowest BCUT2D eigenvalue weighted by atomic mass is 9.93. The highest BCUT2D eigenvalue weighted by Crippen LogP contribution is 2.29. The van der Waals surface area contributed by atoms with E-state index < -0.39 is 0 Å². The third-order valence-corrected chi connectivity index (χ3v) is 4.49. The van der Waals surface area contributed by atoms with E-state index in [0.29, 0.717) is 18.2 Å². The highest BCUT2D eigenvalue weighted by molar-refractivity contribution is 9.10. The van der Waals surface area contributed by atoms with Crippen LogP contribution in [-0.4, -0.2) is 30.6 Å². The first-order chi connectivity index (χ1) is 9.26. The summed E-state index contributed by atoms with van der Waals surface area (Å²) in [4.78, 5) is 13.1. The largest absolute Gasteiger partial charge is 0.395 e. The second-order valence-electron chi connectivity index (χ2n) is 5.03. The lowest BCUT2D eigenvalue weighted by Crippen LogP contribution is -2.38. The van der Waals surface area contributed by atoms with Gasteiger partial charge in [-0.1, -0.05) is 19.3 Å². The summed E-state index contributed by atoms with van der Waals surface area (Å²) in [6, 6.07) is 6.29.